The Morgan fingerprint density at radius 2 is 1.62 bits per heavy atom. The molecule has 32 heavy (non-hydrogen) atoms. The molecule has 0 bridgehead atoms. The number of hydrogen-bond donors (Lipinski definition) is 3. The summed E-state index contributed by atoms with van der Waals surface area (Å²) in [7, 11) is 0. The summed E-state index contributed by atoms with van der Waals surface area (Å²) in [5.41, 5.74) is 9.02. The van der Waals surface area contributed by atoms with E-state index in [-0.39, 0.29) is 0 Å². The first-order valence-corrected chi connectivity index (χ1v) is 10.1. The van der Waals surface area contributed by atoms with Gasteiger partial charge in [-0.15, -0.1) is 0 Å². The molecule has 0 aliphatic heterocycles. The van der Waals surface area contributed by atoms with Crippen LogP contribution in [0.1, 0.15) is 11.1 Å². The van der Waals surface area contributed by atoms with Gasteiger partial charge >= 0.3 is 0 Å². The van der Waals surface area contributed by atoms with Gasteiger partial charge in [-0.1, -0.05) is 48.5 Å². The van der Waals surface area contributed by atoms with Crippen LogP contribution in [-0.2, 0) is 10.4 Å². The van der Waals surface area contributed by atoms with Gasteiger partial charge in [-0.2, -0.15) is 0 Å². The molecule has 0 saturated carbocycles. The molecule has 0 saturated heterocycles. The van der Waals surface area contributed by atoms with E-state index in [9.17, 15) is 9.90 Å². The number of H-pyrrole nitrogens is 1. The topological polar surface area (TPSA) is 105 Å². The van der Waals surface area contributed by atoms with E-state index >= 15 is 0 Å². The maximum atomic E-state index is 12.4. The molecule has 0 radical (unpaired) electrons. The number of amides is 1. The summed E-state index contributed by atoms with van der Waals surface area (Å²) in [6.45, 7) is 0. The molecule has 0 aliphatic rings. The number of benzene rings is 2. The fourth-order valence-corrected chi connectivity index (χ4v) is 3.99. The minimum atomic E-state index is -1.94. The van der Waals surface area contributed by atoms with E-state index in [0.29, 0.717) is 11.1 Å². The van der Waals surface area contributed by atoms with Crippen LogP contribution in [0.4, 0.5) is 0 Å². The van der Waals surface area contributed by atoms with Crippen molar-refractivity contribution in [1.29, 1.82) is 0 Å². The second-order valence-corrected chi connectivity index (χ2v) is 7.58. The van der Waals surface area contributed by atoms with Crippen molar-refractivity contribution in [3.63, 3.8) is 0 Å². The van der Waals surface area contributed by atoms with Crippen LogP contribution in [0.25, 0.3) is 33.3 Å². The maximum absolute atomic E-state index is 12.4. The molecule has 3 aromatic heterocycles. The Hall–Kier alpha value is -4.29. The molecule has 3 heterocycles. The Bertz CT molecular complexity index is 1410. The van der Waals surface area contributed by atoms with Gasteiger partial charge in [0.2, 0.25) is 0 Å². The number of carbonyl (C=O) groups excluding carboxylic acids is 1. The molecule has 156 valence electrons. The van der Waals surface area contributed by atoms with Crippen molar-refractivity contribution in [2.24, 2.45) is 5.73 Å². The van der Waals surface area contributed by atoms with Crippen molar-refractivity contribution in [2.75, 3.05) is 0 Å². The summed E-state index contributed by atoms with van der Waals surface area (Å²) in [4.78, 5) is 24.2. The summed E-state index contributed by atoms with van der Waals surface area (Å²) in [6.07, 6.45) is 7.18. The Balaban J connectivity index is 1.64. The second-order valence-electron chi connectivity index (χ2n) is 7.58. The van der Waals surface area contributed by atoms with Gasteiger partial charge < -0.3 is 15.8 Å². The van der Waals surface area contributed by atoms with E-state index in [1.165, 1.54) is 0 Å². The highest BCUT2D eigenvalue weighted by atomic mass is 16.3. The number of aromatic nitrogens is 3. The third-order valence-electron chi connectivity index (χ3n) is 5.68. The molecule has 0 fully saturated rings. The minimum absolute atomic E-state index is 0.404. The summed E-state index contributed by atoms with van der Waals surface area (Å²) in [5, 5.41) is 12.3. The van der Waals surface area contributed by atoms with E-state index < -0.39 is 11.5 Å². The number of fused-ring (bicyclic) bond motifs is 1. The van der Waals surface area contributed by atoms with E-state index in [2.05, 4.69) is 21.0 Å². The fraction of sp³-hybridized carbons (Fsp3) is 0.0385. The molecule has 5 rings (SSSR count). The van der Waals surface area contributed by atoms with E-state index in [1.807, 2.05) is 36.7 Å². The first kappa shape index (κ1) is 19.7. The van der Waals surface area contributed by atoms with E-state index in [4.69, 9.17) is 5.73 Å². The van der Waals surface area contributed by atoms with Crippen LogP contribution in [0.3, 0.4) is 0 Å². The summed E-state index contributed by atoms with van der Waals surface area (Å²) in [5.74, 6) is -0.832. The van der Waals surface area contributed by atoms with Crippen molar-refractivity contribution in [3.8, 4) is 22.3 Å². The molecule has 6 nitrogen and oxygen atoms in total. The molecular formula is C26H20N4O2. The van der Waals surface area contributed by atoms with E-state index in [1.54, 1.807) is 54.9 Å². The number of aliphatic hydroxyl groups is 1. The van der Waals surface area contributed by atoms with Crippen LogP contribution in [-0.4, -0.2) is 26.0 Å². The molecular weight excluding hydrogens is 400 g/mol. The van der Waals surface area contributed by atoms with Crippen LogP contribution >= 0.6 is 0 Å². The Morgan fingerprint density at radius 3 is 2.38 bits per heavy atom. The average Bonchev–Trinajstić information content (AvgIpc) is 3.28. The minimum Gasteiger partial charge on any atom is -0.372 e. The lowest BCUT2D eigenvalue weighted by Crippen LogP contribution is -2.42. The van der Waals surface area contributed by atoms with Gasteiger partial charge in [0.1, 0.15) is 5.65 Å². The zero-order chi connectivity index (χ0) is 22.1. The molecule has 1 amide bonds. The number of aromatic amines is 1. The van der Waals surface area contributed by atoms with Crippen molar-refractivity contribution in [2.45, 2.75) is 5.60 Å². The highest BCUT2D eigenvalue weighted by Crippen LogP contribution is 2.35. The molecule has 4 N–H and O–H groups in total. The number of pyridine rings is 2. The number of rotatable bonds is 5. The van der Waals surface area contributed by atoms with Gasteiger partial charge in [-0.05, 0) is 46.5 Å². The zero-order valence-corrected chi connectivity index (χ0v) is 17.1. The number of hydrogen-bond acceptors (Lipinski definition) is 4. The molecule has 6 heteroatoms. The van der Waals surface area contributed by atoms with Gasteiger partial charge in [0.05, 0.1) is 0 Å². The summed E-state index contributed by atoms with van der Waals surface area (Å²) < 4.78 is 0. The maximum Gasteiger partial charge on any atom is 0.258 e. The van der Waals surface area contributed by atoms with Gasteiger partial charge in [0.25, 0.3) is 5.91 Å². The fourth-order valence-electron chi connectivity index (χ4n) is 3.99. The SMILES string of the molecule is NC(=O)C(O)(c1ccccc1)c1cccc(-c2c[nH]c3ncc(-c4ccncc4)cc23)c1. The normalized spacial score (nSPS) is 13.0. The molecule has 1 unspecified atom stereocenters. The Labute approximate surface area is 184 Å². The standard InChI is InChI=1S/C26H20N4O2/c27-25(31)26(32,20-6-2-1-3-7-20)21-8-4-5-18(13-21)23-16-30-24-22(23)14-19(15-29-24)17-9-11-28-12-10-17/h1-16,32H,(H2,27,31)(H,29,30). The average molecular weight is 420 g/mol. The number of nitrogens with zero attached hydrogens (tertiary/aromatic N) is 2. The predicted molar refractivity (Wildman–Crippen MR) is 123 cm³/mol. The lowest BCUT2D eigenvalue weighted by molar-refractivity contribution is -0.133. The molecule has 0 spiro atoms. The third-order valence-corrected chi connectivity index (χ3v) is 5.68. The number of nitrogens with one attached hydrogen (secondary N) is 1. The lowest BCUT2D eigenvalue weighted by Gasteiger charge is -2.26. The largest absolute Gasteiger partial charge is 0.372 e. The van der Waals surface area contributed by atoms with Crippen molar-refractivity contribution in [1.82, 2.24) is 15.0 Å². The van der Waals surface area contributed by atoms with Crippen LogP contribution in [0, 0.1) is 0 Å². The van der Waals surface area contributed by atoms with Crippen LogP contribution in [0.15, 0.2) is 97.6 Å². The number of carbonyl (C=O) groups is 1. The summed E-state index contributed by atoms with van der Waals surface area (Å²) >= 11 is 0. The highest BCUT2D eigenvalue weighted by Gasteiger charge is 2.38. The molecule has 0 aliphatic carbocycles. The van der Waals surface area contributed by atoms with Crippen molar-refractivity contribution >= 4 is 16.9 Å². The zero-order valence-electron chi connectivity index (χ0n) is 17.1. The Morgan fingerprint density at radius 1 is 0.875 bits per heavy atom. The van der Waals surface area contributed by atoms with Crippen LogP contribution in [0.5, 0.6) is 0 Å². The number of primary amides is 1. The smallest absolute Gasteiger partial charge is 0.258 e. The number of nitrogens with two attached hydrogens (primary N) is 1. The van der Waals surface area contributed by atoms with Crippen molar-refractivity contribution in [3.05, 3.63) is 109 Å². The Kier molecular flexibility index (Phi) is 4.77. The van der Waals surface area contributed by atoms with Crippen LogP contribution < -0.4 is 5.73 Å². The monoisotopic (exact) mass is 420 g/mol. The second kappa shape index (κ2) is 7.76. The van der Waals surface area contributed by atoms with Crippen LogP contribution in [0.2, 0.25) is 0 Å². The van der Waals surface area contributed by atoms with Crippen molar-refractivity contribution < 1.29 is 9.90 Å². The first-order valence-electron chi connectivity index (χ1n) is 10.1. The van der Waals surface area contributed by atoms with Gasteiger partial charge in [-0.3, -0.25) is 9.78 Å². The molecule has 1 atom stereocenters. The molecule has 2 aromatic carbocycles. The lowest BCUT2D eigenvalue weighted by atomic mass is 9.84. The van der Waals surface area contributed by atoms with Gasteiger partial charge in [0.15, 0.2) is 5.60 Å². The van der Waals surface area contributed by atoms with E-state index in [0.717, 1.165) is 33.3 Å². The first-order chi connectivity index (χ1) is 15.6. The predicted octanol–water partition coefficient (Wildman–Crippen LogP) is 4.01. The van der Waals surface area contributed by atoms with Gasteiger partial charge in [-0.25, -0.2) is 4.98 Å². The molecule has 5 aromatic rings. The highest BCUT2D eigenvalue weighted by molar-refractivity contribution is 5.96. The van der Waals surface area contributed by atoms with Gasteiger partial charge in [0, 0.05) is 41.3 Å². The summed E-state index contributed by atoms with van der Waals surface area (Å²) in [6, 6.07) is 21.9. The third kappa shape index (κ3) is 3.23. The quantitative estimate of drug-likeness (QED) is 0.399.